The third kappa shape index (κ3) is 3.49. The fourth-order valence-corrected chi connectivity index (χ4v) is 2.95. The number of aromatic nitrogens is 5. The van der Waals surface area contributed by atoms with E-state index in [4.69, 9.17) is 11.6 Å². The molecule has 0 saturated carbocycles. The van der Waals surface area contributed by atoms with Gasteiger partial charge in [-0.25, -0.2) is 18.9 Å². The molecule has 0 aliphatic carbocycles. The summed E-state index contributed by atoms with van der Waals surface area (Å²) in [7, 11) is 0. The van der Waals surface area contributed by atoms with Gasteiger partial charge >= 0.3 is 5.69 Å². The van der Waals surface area contributed by atoms with Crippen molar-refractivity contribution in [1.29, 1.82) is 0 Å². The Balaban J connectivity index is 1.64. The fraction of sp³-hybridized carbons (Fsp3) is 0.105. The molecule has 0 fully saturated rings. The molecule has 0 saturated heterocycles. The van der Waals surface area contributed by atoms with E-state index >= 15 is 0 Å². The maximum atomic E-state index is 12.6. The summed E-state index contributed by atoms with van der Waals surface area (Å²) in [5.41, 5.74) is 1.83. The molecular weight excluding hydrogens is 380 g/mol. The van der Waals surface area contributed by atoms with Crippen molar-refractivity contribution in [1.82, 2.24) is 24.1 Å². The Morgan fingerprint density at radius 3 is 2.64 bits per heavy atom. The summed E-state index contributed by atoms with van der Waals surface area (Å²) in [6.45, 7) is 1.49. The van der Waals surface area contributed by atoms with Crippen LogP contribution in [-0.4, -0.2) is 30.1 Å². The summed E-state index contributed by atoms with van der Waals surface area (Å²) >= 11 is 5.83. The van der Waals surface area contributed by atoms with Gasteiger partial charge in [0, 0.05) is 23.0 Å². The van der Waals surface area contributed by atoms with Crippen LogP contribution in [0.25, 0.3) is 17.0 Å². The molecule has 0 spiro atoms. The van der Waals surface area contributed by atoms with Crippen LogP contribution < -0.4 is 11.0 Å². The Morgan fingerprint density at radius 1 is 1.14 bits per heavy atom. The molecule has 0 aliphatic heterocycles. The van der Waals surface area contributed by atoms with Gasteiger partial charge in [-0.15, -0.1) is 5.10 Å². The van der Waals surface area contributed by atoms with Crippen molar-refractivity contribution in [2.45, 2.75) is 13.5 Å². The zero-order chi connectivity index (χ0) is 19.7. The molecule has 3 heterocycles. The maximum Gasteiger partial charge on any atom is 0.352 e. The van der Waals surface area contributed by atoms with E-state index in [0.717, 1.165) is 4.68 Å². The van der Waals surface area contributed by atoms with E-state index in [9.17, 15) is 9.59 Å². The van der Waals surface area contributed by atoms with Gasteiger partial charge in [0.15, 0.2) is 5.65 Å². The number of amides is 1. The van der Waals surface area contributed by atoms with Gasteiger partial charge in [-0.2, -0.15) is 0 Å². The summed E-state index contributed by atoms with van der Waals surface area (Å²) in [5.74, 6) is 0.0934. The number of pyridine rings is 1. The molecule has 0 unspecified atom stereocenters. The van der Waals surface area contributed by atoms with E-state index in [-0.39, 0.29) is 12.5 Å². The molecule has 140 valence electrons. The highest BCUT2D eigenvalue weighted by molar-refractivity contribution is 6.30. The van der Waals surface area contributed by atoms with Crippen LogP contribution in [0.2, 0.25) is 5.02 Å². The van der Waals surface area contributed by atoms with Crippen LogP contribution in [0.5, 0.6) is 0 Å². The number of benzene rings is 1. The number of fused-ring (bicyclic) bond motifs is 1. The minimum atomic E-state index is -0.432. The highest BCUT2D eigenvalue weighted by Gasteiger charge is 2.15. The van der Waals surface area contributed by atoms with Gasteiger partial charge < -0.3 is 5.32 Å². The van der Waals surface area contributed by atoms with Crippen LogP contribution in [-0.2, 0) is 11.3 Å². The number of carbonyl (C=O) groups excluding carboxylic acids is 1. The first kappa shape index (κ1) is 17.9. The minimum absolute atomic E-state index is 0.221. The van der Waals surface area contributed by atoms with Gasteiger partial charge in [0.1, 0.15) is 12.4 Å². The van der Waals surface area contributed by atoms with Crippen LogP contribution in [0, 0.1) is 6.92 Å². The van der Waals surface area contributed by atoms with Crippen molar-refractivity contribution in [3.8, 4) is 11.4 Å². The zero-order valence-electron chi connectivity index (χ0n) is 14.8. The molecule has 1 amide bonds. The zero-order valence-corrected chi connectivity index (χ0v) is 15.6. The predicted molar refractivity (Wildman–Crippen MR) is 105 cm³/mol. The van der Waals surface area contributed by atoms with E-state index < -0.39 is 5.69 Å². The average molecular weight is 395 g/mol. The van der Waals surface area contributed by atoms with Crippen LogP contribution in [0.3, 0.4) is 0 Å². The summed E-state index contributed by atoms with van der Waals surface area (Å²) in [5, 5.41) is 7.55. The average Bonchev–Trinajstić information content (AvgIpc) is 3.00. The van der Waals surface area contributed by atoms with E-state index in [1.165, 1.54) is 4.40 Å². The fourth-order valence-electron chi connectivity index (χ4n) is 2.82. The lowest BCUT2D eigenvalue weighted by molar-refractivity contribution is -0.117. The lowest BCUT2D eigenvalue weighted by Crippen LogP contribution is -2.28. The Morgan fingerprint density at radius 2 is 1.93 bits per heavy atom. The van der Waals surface area contributed by atoms with Gasteiger partial charge in [-0.05, 0) is 43.3 Å². The molecule has 1 aromatic carbocycles. The normalized spacial score (nSPS) is 10.9. The number of aryl methyl sites for hydroxylation is 1. The Kier molecular flexibility index (Phi) is 4.62. The Bertz CT molecular complexity index is 1220. The molecule has 0 atom stereocenters. The van der Waals surface area contributed by atoms with Crippen molar-refractivity contribution in [2.75, 3.05) is 5.32 Å². The van der Waals surface area contributed by atoms with Crippen molar-refractivity contribution < 1.29 is 4.79 Å². The Hall–Kier alpha value is -3.52. The summed E-state index contributed by atoms with van der Waals surface area (Å²) in [6, 6.07) is 13.9. The van der Waals surface area contributed by atoms with E-state index in [0.29, 0.717) is 33.6 Å². The second-order valence-corrected chi connectivity index (χ2v) is 6.53. The number of nitrogens with one attached hydrogen (secondary N) is 1. The topological polar surface area (TPSA) is 94.2 Å². The van der Waals surface area contributed by atoms with E-state index in [1.54, 1.807) is 43.5 Å². The molecule has 0 aliphatic rings. The molecule has 0 bridgehead atoms. The number of anilines is 1. The summed E-state index contributed by atoms with van der Waals surface area (Å²) in [4.78, 5) is 33.6. The third-order valence-corrected chi connectivity index (χ3v) is 4.34. The molecule has 4 aromatic rings. The first-order valence-corrected chi connectivity index (χ1v) is 8.83. The van der Waals surface area contributed by atoms with Gasteiger partial charge in [0.05, 0.1) is 11.4 Å². The van der Waals surface area contributed by atoms with Crippen molar-refractivity contribution >= 4 is 28.8 Å². The van der Waals surface area contributed by atoms with Crippen LogP contribution in [0.15, 0.2) is 59.5 Å². The van der Waals surface area contributed by atoms with Gasteiger partial charge in [-0.3, -0.25) is 9.78 Å². The highest BCUT2D eigenvalue weighted by atomic mass is 35.5. The molecule has 1 N–H and O–H groups in total. The molecule has 3 aromatic heterocycles. The molecule has 0 radical (unpaired) electrons. The number of rotatable bonds is 4. The summed E-state index contributed by atoms with van der Waals surface area (Å²) < 4.78 is 2.47. The van der Waals surface area contributed by atoms with Crippen LogP contribution in [0.1, 0.15) is 5.82 Å². The molecule has 9 heteroatoms. The van der Waals surface area contributed by atoms with Gasteiger partial charge in [0.2, 0.25) is 5.91 Å². The number of carbonyl (C=O) groups is 1. The largest absolute Gasteiger partial charge is 0.352 e. The predicted octanol–water partition coefficient (Wildman–Crippen LogP) is 2.55. The number of halogens is 1. The molecule has 28 heavy (non-hydrogen) atoms. The second-order valence-electron chi connectivity index (χ2n) is 6.09. The van der Waals surface area contributed by atoms with Gasteiger partial charge in [0.25, 0.3) is 0 Å². The number of hydrogen-bond acceptors (Lipinski definition) is 5. The standard InChI is InChI=1S/C19H15ClN6O2/c1-12-22-16(15-4-2-3-9-21-15)10-17-24-25(19(28)26(12)17)11-18(27)23-14-7-5-13(20)6-8-14/h2-10H,11H2,1H3,(H,23,27). The highest BCUT2D eigenvalue weighted by Crippen LogP contribution is 2.16. The first-order chi connectivity index (χ1) is 13.5. The first-order valence-electron chi connectivity index (χ1n) is 8.45. The minimum Gasteiger partial charge on any atom is -0.324 e. The third-order valence-electron chi connectivity index (χ3n) is 4.08. The molecule has 8 nitrogen and oxygen atoms in total. The quantitative estimate of drug-likeness (QED) is 0.574. The number of hydrogen-bond donors (Lipinski definition) is 1. The van der Waals surface area contributed by atoms with Crippen molar-refractivity contribution in [2.24, 2.45) is 0 Å². The second kappa shape index (κ2) is 7.24. The summed E-state index contributed by atoms with van der Waals surface area (Å²) in [6.07, 6.45) is 1.67. The van der Waals surface area contributed by atoms with Crippen LogP contribution >= 0.6 is 11.6 Å². The maximum absolute atomic E-state index is 12.6. The lowest BCUT2D eigenvalue weighted by atomic mass is 10.2. The van der Waals surface area contributed by atoms with Crippen molar-refractivity contribution in [3.05, 3.63) is 76.1 Å². The van der Waals surface area contributed by atoms with Crippen molar-refractivity contribution in [3.63, 3.8) is 0 Å². The Labute approximate surface area is 164 Å². The van der Waals surface area contributed by atoms with Crippen LogP contribution in [0.4, 0.5) is 5.69 Å². The lowest BCUT2D eigenvalue weighted by Gasteiger charge is -2.04. The smallest absolute Gasteiger partial charge is 0.324 e. The van der Waals surface area contributed by atoms with E-state index in [2.05, 4.69) is 20.4 Å². The SMILES string of the molecule is Cc1nc(-c2ccccn2)cc2nn(CC(=O)Nc3ccc(Cl)cc3)c(=O)n12. The molecular formula is C19H15ClN6O2. The number of nitrogens with zero attached hydrogens (tertiary/aromatic N) is 5. The molecule has 4 rings (SSSR count). The van der Waals surface area contributed by atoms with Gasteiger partial charge in [-0.1, -0.05) is 17.7 Å². The van der Waals surface area contributed by atoms with E-state index in [1.807, 2.05) is 18.2 Å². The monoisotopic (exact) mass is 394 g/mol.